The van der Waals surface area contributed by atoms with E-state index < -0.39 is 0 Å². The molecule has 0 radical (unpaired) electrons. The Bertz CT molecular complexity index is 318. The van der Waals surface area contributed by atoms with Crippen LogP contribution < -0.4 is 5.73 Å². The third kappa shape index (κ3) is 3.18. The van der Waals surface area contributed by atoms with Gasteiger partial charge in [0, 0.05) is 19.3 Å². The van der Waals surface area contributed by atoms with Crippen LogP contribution in [0.1, 0.15) is 18.4 Å². The zero-order valence-corrected chi connectivity index (χ0v) is 9.72. The molecule has 2 heterocycles. The quantitative estimate of drug-likeness (QED) is 0.835. The van der Waals surface area contributed by atoms with Gasteiger partial charge in [-0.2, -0.15) is 0 Å². The summed E-state index contributed by atoms with van der Waals surface area (Å²) in [6, 6.07) is 3.78. The van der Waals surface area contributed by atoms with Crippen LogP contribution in [0.3, 0.4) is 0 Å². The van der Waals surface area contributed by atoms with E-state index in [1.807, 2.05) is 12.1 Å². The van der Waals surface area contributed by atoms with Crippen molar-refractivity contribution in [2.45, 2.75) is 25.6 Å². The maximum Gasteiger partial charge on any atom is 0.123 e. The van der Waals surface area contributed by atoms with Crippen molar-refractivity contribution in [2.75, 3.05) is 25.9 Å². The molecule has 0 atom stereocenters. The molecule has 1 saturated heterocycles. The standard InChI is InChI=1S/C12H19N3O/c1-15-6-4-11(5-7-15)16-9-10-2-3-12(13)14-8-10/h2-3,8,11H,4-7,9H2,1H3,(H2,13,14). The summed E-state index contributed by atoms with van der Waals surface area (Å²) in [6.07, 6.45) is 4.43. The summed E-state index contributed by atoms with van der Waals surface area (Å²) in [6.45, 7) is 2.90. The zero-order chi connectivity index (χ0) is 11.4. The summed E-state index contributed by atoms with van der Waals surface area (Å²) in [7, 11) is 2.15. The predicted molar refractivity (Wildman–Crippen MR) is 64.0 cm³/mol. The number of pyridine rings is 1. The van der Waals surface area contributed by atoms with Crippen LogP contribution in [0.4, 0.5) is 5.82 Å². The second-order valence-corrected chi connectivity index (χ2v) is 4.40. The molecule has 2 N–H and O–H groups in total. The molecule has 2 rings (SSSR count). The van der Waals surface area contributed by atoms with E-state index in [1.54, 1.807) is 6.20 Å². The molecule has 16 heavy (non-hydrogen) atoms. The Balaban J connectivity index is 1.77. The Morgan fingerprint density at radius 2 is 2.19 bits per heavy atom. The first-order valence-electron chi connectivity index (χ1n) is 5.74. The number of nitrogen functional groups attached to an aromatic ring is 1. The van der Waals surface area contributed by atoms with E-state index >= 15 is 0 Å². The lowest BCUT2D eigenvalue weighted by molar-refractivity contribution is 0.00204. The van der Waals surface area contributed by atoms with Crippen LogP contribution in [-0.4, -0.2) is 36.1 Å². The topological polar surface area (TPSA) is 51.4 Å². The van der Waals surface area contributed by atoms with Gasteiger partial charge in [0.05, 0.1) is 12.7 Å². The maximum atomic E-state index is 5.85. The van der Waals surface area contributed by atoms with E-state index in [1.165, 1.54) is 0 Å². The highest BCUT2D eigenvalue weighted by molar-refractivity contribution is 5.28. The predicted octanol–water partition coefficient (Wildman–Crippen LogP) is 1.27. The van der Waals surface area contributed by atoms with Crippen LogP contribution in [0.2, 0.25) is 0 Å². The maximum absolute atomic E-state index is 5.85. The lowest BCUT2D eigenvalue weighted by Crippen LogP contribution is -2.34. The molecule has 0 bridgehead atoms. The van der Waals surface area contributed by atoms with Crippen molar-refractivity contribution in [2.24, 2.45) is 0 Å². The zero-order valence-electron chi connectivity index (χ0n) is 9.72. The highest BCUT2D eigenvalue weighted by Gasteiger charge is 2.16. The molecule has 1 aromatic rings. The number of aromatic nitrogens is 1. The second kappa shape index (κ2) is 5.27. The minimum atomic E-state index is 0.397. The van der Waals surface area contributed by atoms with E-state index in [0.717, 1.165) is 31.5 Å². The molecule has 1 fully saturated rings. The van der Waals surface area contributed by atoms with Gasteiger partial charge in [-0.25, -0.2) is 4.98 Å². The minimum absolute atomic E-state index is 0.397. The van der Waals surface area contributed by atoms with Crippen molar-refractivity contribution in [3.05, 3.63) is 23.9 Å². The van der Waals surface area contributed by atoms with Crippen LogP contribution in [0.5, 0.6) is 0 Å². The fourth-order valence-corrected chi connectivity index (χ4v) is 1.89. The molecule has 1 aliphatic rings. The first-order valence-corrected chi connectivity index (χ1v) is 5.74. The third-order valence-corrected chi connectivity index (χ3v) is 3.00. The molecule has 4 nitrogen and oxygen atoms in total. The lowest BCUT2D eigenvalue weighted by atomic mass is 10.1. The van der Waals surface area contributed by atoms with Crippen molar-refractivity contribution in [3.8, 4) is 0 Å². The van der Waals surface area contributed by atoms with Crippen molar-refractivity contribution in [1.82, 2.24) is 9.88 Å². The molecule has 0 saturated carbocycles. The van der Waals surface area contributed by atoms with E-state index in [2.05, 4.69) is 16.9 Å². The molecular weight excluding hydrogens is 202 g/mol. The van der Waals surface area contributed by atoms with Gasteiger partial charge >= 0.3 is 0 Å². The number of nitrogens with zero attached hydrogens (tertiary/aromatic N) is 2. The van der Waals surface area contributed by atoms with Crippen molar-refractivity contribution >= 4 is 5.82 Å². The average molecular weight is 221 g/mol. The van der Waals surface area contributed by atoms with Crippen LogP contribution in [0.15, 0.2) is 18.3 Å². The lowest BCUT2D eigenvalue weighted by Gasteiger charge is -2.28. The summed E-state index contributed by atoms with van der Waals surface area (Å²) in [5.74, 6) is 0.558. The number of likely N-dealkylation sites (tertiary alicyclic amines) is 1. The van der Waals surface area contributed by atoms with Gasteiger partial charge in [0.1, 0.15) is 5.82 Å². The Kier molecular flexibility index (Phi) is 3.74. The van der Waals surface area contributed by atoms with Gasteiger partial charge in [0.15, 0.2) is 0 Å². The van der Waals surface area contributed by atoms with Gasteiger partial charge in [-0.3, -0.25) is 0 Å². The van der Waals surface area contributed by atoms with Gasteiger partial charge in [-0.1, -0.05) is 6.07 Å². The number of hydrogen-bond acceptors (Lipinski definition) is 4. The first kappa shape index (κ1) is 11.4. The summed E-state index contributed by atoms with van der Waals surface area (Å²) in [5.41, 5.74) is 6.61. The summed E-state index contributed by atoms with van der Waals surface area (Å²) in [5, 5.41) is 0. The fraction of sp³-hybridized carbons (Fsp3) is 0.583. The number of ether oxygens (including phenoxy) is 1. The average Bonchev–Trinajstić information content (AvgIpc) is 2.30. The Labute approximate surface area is 96.4 Å². The summed E-state index contributed by atoms with van der Waals surface area (Å²) < 4.78 is 5.85. The Morgan fingerprint density at radius 1 is 1.44 bits per heavy atom. The third-order valence-electron chi connectivity index (χ3n) is 3.00. The largest absolute Gasteiger partial charge is 0.384 e. The summed E-state index contributed by atoms with van der Waals surface area (Å²) in [4.78, 5) is 6.38. The molecule has 0 unspecified atom stereocenters. The van der Waals surface area contributed by atoms with Crippen LogP contribution >= 0.6 is 0 Å². The number of hydrogen-bond donors (Lipinski definition) is 1. The molecule has 0 amide bonds. The van der Waals surface area contributed by atoms with Crippen molar-refractivity contribution < 1.29 is 4.74 Å². The molecule has 1 aliphatic heterocycles. The van der Waals surface area contributed by atoms with Gasteiger partial charge in [-0.15, -0.1) is 0 Å². The van der Waals surface area contributed by atoms with Gasteiger partial charge < -0.3 is 15.4 Å². The molecule has 88 valence electrons. The highest BCUT2D eigenvalue weighted by atomic mass is 16.5. The van der Waals surface area contributed by atoms with E-state index in [0.29, 0.717) is 18.5 Å². The Morgan fingerprint density at radius 3 is 2.81 bits per heavy atom. The van der Waals surface area contributed by atoms with E-state index in [-0.39, 0.29) is 0 Å². The molecule has 0 aliphatic carbocycles. The summed E-state index contributed by atoms with van der Waals surface area (Å²) >= 11 is 0. The minimum Gasteiger partial charge on any atom is -0.384 e. The van der Waals surface area contributed by atoms with Gasteiger partial charge in [0.25, 0.3) is 0 Å². The number of piperidine rings is 1. The molecule has 4 heteroatoms. The van der Waals surface area contributed by atoms with Gasteiger partial charge in [-0.05, 0) is 31.5 Å². The fourth-order valence-electron chi connectivity index (χ4n) is 1.89. The van der Waals surface area contributed by atoms with Gasteiger partial charge in [0.2, 0.25) is 0 Å². The Hall–Kier alpha value is -1.13. The second-order valence-electron chi connectivity index (χ2n) is 4.40. The van der Waals surface area contributed by atoms with Crippen molar-refractivity contribution in [3.63, 3.8) is 0 Å². The SMILES string of the molecule is CN1CCC(OCc2ccc(N)nc2)CC1. The monoisotopic (exact) mass is 221 g/mol. The molecule has 1 aromatic heterocycles. The molecule has 0 aromatic carbocycles. The van der Waals surface area contributed by atoms with Crippen molar-refractivity contribution in [1.29, 1.82) is 0 Å². The first-order chi connectivity index (χ1) is 7.74. The number of nitrogens with two attached hydrogens (primary N) is 1. The van der Waals surface area contributed by atoms with Crippen LogP contribution in [0, 0.1) is 0 Å². The smallest absolute Gasteiger partial charge is 0.123 e. The molecule has 0 spiro atoms. The highest BCUT2D eigenvalue weighted by Crippen LogP contribution is 2.14. The van der Waals surface area contributed by atoms with E-state index in [9.17, 15) is 0 Å². The van der Waals surface area contributed by atoms with Crippen LogP contribution in [-0.2, 0) is 11.3 Å². The molecular formula is C12H19N3O. The normalized spacial score (nSPS) is 18.8. The number of anilines is 1. The number of rotatable bonds is 3. The van der Waals surface area contributed by atoms with Crippen LogP contribution in [0.25, 0.3) is 0 Å². The van der Waals surface area contributed by atoms with E-state index in [4.69, 9.17) is 10.5 Å².